The number of benzene rings is 3. The number of nitrogens with zero attached hydrogens (tertiary/aromatic N) is 3. The van der Waals surface area contributed by atoms with Crippen molar-refractivity contribution in [1.82, 2.24) is 19.7 Å². The molecule has 0 aliphatic carbocycles. The molecule has 5 heteroatoms. The van der Waals surface area contributed by atoms with Gasteiger partial charge in [0.15, 0.2) is 0 Å². The summed E-state index contributed by atoms with van der Waals surface area (Å²) >= 11 is 0. The fourth-order valence-electron chi connectivity index (χ4n) is 3.83. The van der Waals surface area contributed by atoms with E-state index >= 15 is 0 Å². The lowest BCUT2D eigenvalue weighted by atomic mass is 9.99. The van der Waals surface area contributed by atoms with Crippen molar-refractivity contribution in [2.45, 2.75) is 19.8 Å². The zero-order valence-corrected chi connectivity index (χ0v) is 16.6. The SMILES string of the molecule is Cc1c(CCc2ccc(F)cc2)c(-c2ccccc2)nn1-c1nc2ccccc2[nH]1. The number of hydrogen-bond acceptors (Lipinski definition) is 2. The molecule has 0 amide bonds. The smallest absolute Gasteiger partial charge is 0.229 e. The van der Waals surface area contributed by atoms with Crippen LogP contribution in [0.5, 0.6) is 0 Å². The second-order valence-electron chi connectivity index (χ2n) is 7.39. The summed E-state index contributed by atoms with van der Waals surface area (Å²) in [6.45, 7) is 2.08. The van der Waals surface area contributed by atoms with Crippen LogP contribution in [0, 0.1) is 12.7 Å². The molecule has 0 spiro atoms. The Kier molecular flexibility index (Phi) is 4.64. The minimum absolute atomic E-state index is 0.211. The predicted octanol–water partition coefficient (Wildman–Crippen LogP) is 5.65. The molecule has 1 N–H and O–H groups in total. The van der Waals surface area contributed by atoms with E-state index in [-0.39, 0.29) is 5.82 Å². The number of H-pyrrole nitrogens is 1. The Morgan fingerprint density at radius 1 is 0.867 bits per heavy atom. The van der Waals surface area contributed by atoms with E-state index in [4.69, 9.17) is 10.1 Å². The Balaban J connectivity index is 1.57. The van der Waals surface area contributed by atoms with Crippen LogP contribution >= 0.6 is 0 Å². The lowest BCUT2D eigenvalue weighted by molar-refractivity contribution is 0.627. The quantitative estimate of drug-likeness (QED) is 0.417. The fourth-order valence-corrected chi connectivity index (χ4v) is 3.83. The molecule has 3 aromatic carbocycles. The molecule has 0 aliphatic rings. The summed E-state index contributed by atoms with van der Waals surface area (Å²) < 4.78 is 15.1. The molecule has 0 saturated carbocycles. The summed E-state index contributed by atoms with van der Waals surface area (Å²) in [6.07, 6.45) is 1.62. The van der Waals surface area contributed by atoms with Crippen molar-refractivity contribution in [2.75, 3.05) is 0 Å². The Hall–Kier alpha value is -3.73. The molecule has 0 unspecified atom stereocenters. The second kappa shape index (κ2) is 7.59. The van der Waals surface area contributed by atoms with Crippen molar-refractivity contribution in [2.24, 2.45) is 0 Å². The molecule has 0 bridgehead atoms. The van der Waals surface area contributed by atoms with Gasteiger partial charge in [0.2, 0.25) is 5.95 Å². The molecule has 5 rings (SSSR count). The molecule has 0 fully saturated rings. The maximum atomic E-state index is 13.3. The van der Waals surface area contributed by atoms with Crippen LogP contribution in [-0.2, 0) is 12.8 Å². The standard InChI is InChI=1S/C25H21FN4/c1-17-21(16-13-18-11-14-20(26)15-12-18)24(19-7-3-2-4-8-19)29-30(17)25-27-22-9-5-6-10-23(22)28-25/h2-12,14-15H,13,16H2,1H3,(H,27,28). The molecule has 0 saturated heterocycles. The van der Waals surface area contributed by atoms with Gasteiger partial charge in [-0.05, 0) is 49.6 Å². The summed E-state index contributed by atoms with van der Waals surface area (Å²) in [6, 6.07) is 24.9. The minimum Gasteiger partial charge on any atom is -0.322 e. The van der Waals surface area contributed by atoms with Gasteiger partial charge in [0.1, 0.15) is 5.82 Å². The molecule has 30 heavy (non-hydrogen) atoms. The molecule has 2 heterocycles. The minimum atomic E-state index is -0.211. The van der Waals surface area contributed by atoms with E-state index < -0.39 is 0 Å². The summed E-state index contributed by atoms with van der Waals surface area (Å²) in [7, 11) is 0. The molecule has 4 nitrogen and oxygen atoms in total. The van der Waals surface area contributed by atoms with Crippen LogP contribution in [-0.4, -0.2) is 19.7 Å². The Labute approximate surface area is 174 Å². The first-order valence-electron chi connectivity index (χ1n) is 10.0. The number of hydrogen-bond donors (Lipinski definition) is 1. The first-order valence-corrected chi connectivity index (χ1v) is 10.0. The number of imidazole rings is 1. The average Bonchev–Trinajstić information content (AvgIpc) is 3.35. The number of aromatic nitrogens is 4. The number of nitrogens with one attached hydrogen (secondary N) is 1. The number of rotatable bonds is 5. The predicted molar refractivity (Wildman–Crippen MR) is 117 cm³/mol. The normalized spacial score (nSPS) is 11.3. The Morgan fingerprint density at radius 3 is 2.37 bits per heavy atom. The zero-order chi connectivity index (χ0) is 20.5. The van der Waals surface area contributed by atoms with Gasteiger partial charge in [-0.1, -0.05) is 54.6 Å². The van der Waals surface area contributed by atoms with Gasteiger partial charge in [0.05, 0.1) is 16.7 Å². The van der Waals surface area contributed by atoms with Crippen molar-refractivity contribution in [3.05, 3.63) is 102 Å². The van der Waals surface area contributed by atoms with E-state index in [1.807, 2.05) is 59.3 Å². The zero-order valence-electron chi connectivity index (χ0n) is 16.6. The van der Waals surface area contributed by atoms with Gasteiger partial charge < -0.3 is 4.98 Å². The summed E-state index contributed by atoms with van der Waals surface area (Å²) in [5.74, 6) is 0.497. The van der Waals surface area contributed by atoms with Gasteiger partial charge in [-0.3, -0.25) is 0 Å². The molecule has 0 atom stereocenters. The van der Waals surface area contributed by atoms with Crippen molar-refractivity contribution >= 4 is 11.0 Å². The molecular formula is C25H21FN4. The third-order valence-electron chi connectivity index (χ3n) is 5.44. The number of aryl methyl sites for hydroxylation is 1. The highest BCUT2D eigenvalue weighted by Crippen LogP contribution is 2.28. The van der Waals surface area contributed by atoms with E-state index in [1.54, 1.807) is 0 Å². The third kappa shape index (κ3) is 3.39. The molecule has 0 aliphatic heterocycles. The van der Waals surface area contributed by atoms with Crippen LogP contribution in [0.4, 0.5) is 4.39 Å². The van der Waals surface area contributed by atoms with Gasteiger partial charge >= 0.3 is 0 Å². The summed E-state index contributed by atoms with van der Waals surface area (Å²) in [5, 5.41) is 4.93. The Morgan fingerprint density at radius 2 is 1.60 bits per heavy atom. The largest absolute Gasteiger partial charge is 0.322 e. The van der Waals surface area contributed by atoms with E-state index in [1.165, 1.54) is 17.7 Å². The number of para-hydroxylation sites is 2. The first-order chi connectivity index (χ1) is 14.7. The highest BCUT2D eigenvalue weighted by molar-refractivity contribution is 5.76. The van der Waals surface area contributed by atoms with Gasteiger partial charge in [0.25, 0.3) is 0 Å². The maximum Gasteiger partial charge on any atom is 0.229 e. The van der Waals surface area contributed by atoms with Crippen LogP contribution in [0.15, 0.2) is 78.9 Å². The van der Waals surface area contributed by atoms with E-state index in [0.717, 1.165) is 46.4 Å². The highest BCUT2D eigenvalue weighted by Gasteiger charge is 2.19. The average molecular weight is 396 g/mol. The van der Waals surface area contributed by atoms with Crippen LogP contribution in [0.1, 0.15) is 16.8 Å². The van der Waals surface area contributed by atoms with Crippen molar-refractivity contribution in [3.63, 3.8) is 0 Å². The number of aromatic amines is 1. The number of halogens is 1. The highest BCUT2D eigenvalue weighted by atomic mass is 19.1. The van der Waals surface area contributed by atoms with Crippen molar-refractivity contribution < 1.29 is 4.39 Å². The molecule has 148 valence electrons. The molecule has 5 aromatic rings. The molecule has 2 aromatic heterocycles. The van der Waals surface area contributed by atoms with Crippen LogP contribution < -0.4 is 0 Å². The van der Waals surface area contributed by atoms with E-state index in [2.05, 4.69) is 24.0 Å². The lowest BCUT2D eigenvalue weighted by Crippen LogP contribution is -2.02. The topological polar surface area (TPSA) is 46.5 Å². The summed E-state index contributed by atoms with van der Waals surface area (Å²) in [5.41, 5.74) is 7.25. The second-order valence-corrected chi connectivity index (χ2v) is 7.39. The lowest BCUT2D eigenvalue weighted by Gasteiger charge is -2.05. The number of fused-ring (bicyclic) bond motifs is 1. The fraction of sp³-hybridized carbons (Fsp3) is 0.120. The van der Waals surface area contributed by atoms with Crippen molar-refractivity contribution in [1.29, 1.82) is 0 Å². The van der Waals surface area contributed by atoms with Gasteiger partial charge in [-0.15, -0.1) is 0 Å². The molecular weight excluding hydrogens is 375 g/mol. The first kappa shape index (κ1) is 18.3. The van der Waals surface area contributed by atoms with Crippen LogP contribution in [0.3, 0.4) is 0 Å². The van der Waals surface area contributed by atoms with Crippen LogP contribution in [0.2, 0.25) is 0 Å². The third-order valence-corrected chi connectivity index (χ3v) is 5.44. The summed E-state index contributed by atoms with van der Waals surface area (Å²) in [4.78, 5) is 8.10. The van der Waals surface area contributed by atoms with Gasteiger partial charge in [-0.2, -0.15) is 5.10 Å². The monoisotopic (exact) mass is 396 g/mol. The van der Waals surface area contributed by atoms with E-state index in [0.29, 0.717) is 5.95 Å². The van der Waals surface area contributed by atoms with Crippen molar-refractivity contribution in [3.8, 4) is 17.2 Å². The van der Waals surface area contributed by atoms with Gasteiger partial charge in [0, 0.05) is 16.8 Å². The molecule has 0 radical (unpaired) electrons. The van der Waals surface area contributed by atoms with Crippen LogP contribution in [0.25, 0.3) is 28.2 Å². The Bertz CT molecular complexity index is 1270. The van der Waals surface area contributed by atoms with E-state index in [9.17, 15) is 4.39 Å². The van der Waals surface area contributed by atoms with Gasteiger partial charge in [-0.25, -0.2) is 14.1 Å². The maximum absolute atomic E-state index is 13.3.